The summed E-state index contributed by atoms with van der Waals surface area (Å²) in [4.78, 5) is 0. The fourth-order valence-corrected chi connectivity index (χ4v) is 3.28. The van der Waals surface area contributed by atoms with Crippen LogP contribution in [0.4, 0.5) is 22.0 Å². The third-order valence-corrected chi connectivity index (χ3v) is 4.93. The summed E-state index contributed by atoms with van der Waals surface area (Å²) in [5, 5.41) is 0. The predicted octanol–water partition coefficient (Wildman–Crippen LogP) is 7.55. The number of halogens is 5. The third-order valence-electron chi connectivity index (χ3n) is 4.93. The summed E-state index contributed by atoms with van der Waals surface area (Å²) in [5.41, 5.74) is 0.924. The molecule has 1 nitrogen and oxygen atoms in total. The van der Waals surface area contributed by atoms with Gasteiger partial charge in [-0.3, -0.25) is 0 Å². The Hall–Kier alpha value is -2.89. The molecule has 0 aliphatic rings. The lowest BCUT2D eigenvalue weighted by Gasteiger charge is -2.13. The predicted molar refractivity (Wildman–Crippen MR) is 106 cm³/mol. The van der Waals surface area contributed by atoms with Gasteiger partial charge in [0.2, 0.25) is 5.82 Å². The van der Waals surface area contributed by atoms with Crippen molar-refractivity contribution < 1.29 is 26.7 Å². The molecule has 0 atom stereocenters. The van der Waals surface area contributed by atoms with Crippen LogP contribution in [-0.2, 0) is 13.0 Å². The summed E-state index contributed by atoms with van der Waals surface area (Å²) < 4.78 is 74.7. The van der Waals surface area contributed by atoms with Crippen molar-refractivity contribution in [3.05, 3.63) is 88.2 Å². The quantitative estimate of drug-likeness (QED) is 0.359. The van der Waals surface area contributed by atoms with E-state index in [1.54, 1.807) is 12.1 Å². The second-order valence-electron chi connectivity index (χ2n) is 7.04. The van der Waals surface area contributed by atoms with Crippen LogP contribution in [0, 0.1) is 24.4 Å². The first kappa shape index (κ1) is 21.8. The zero-order valence-electron chi connectivity index (χ0n) is 16.6. The number of hydrogen-bond donors (Lipinski definition) is 0. The van der Waals surface area contributed by atoms with Gasteiger partial charge in [-0.25, -0.2) is 17.6 Å². The van der Waals surface area contributed by atoms with Gasteiger partial charge in [-0.2, -0.15) is 4.39 Å². The average molecular weight is 420 g/mol. The molecule has 0 saturated heterocycles. The van der Waals surface area contributed by atoms with Crippen LogP contribution in [0.3, 0.4) is 0 Å². The zero-order valence-corrected chi connectivity index (χ0v) is 16.6. The van der Waals surface area contributed by atoms with E-state index in [1.807, 2.05) is 12.1 Å². The number of rotatable bonds is 7. The van der Waals surface area contributed by atoms with Crippen LogP contribution in [0.2, 0.25) is 0 Å². The molecule has 0 radical (unpaired) electrons. The molecular formula is C24H21F5O. The minimum atomic E-state index is -2.98. The summed E-state index contributed by atoms with van der Waals surface area (Å²) in [5.74, 6) is -3.83. The summed E-state index contributed by atoms with van der Waals surface area (Å²) in [6.45, 7) is 2.92. The van der Waals surface area contributed by atoms with Gasteiger partial charge in [0.25, 0.3) is 6.43 Å². The number of ether oxygens (including phenoxy) is 1. The number of aryl methyl sites for hydroxylation is 2. The minimum Gasteiger partial charge on any atom is -0.486 e. The van der Waals surface area contributed by atoms with Crippen LogP contribution in [0.1, 0.15) is 42.0 Å². The molecule has 0 fully saturated rings. The van der Waals surface area contributed by atoms with Crippen LogP contribution in [0.15, 0.2) is 48.5 Å². The molecule has 0 aromatic heterocycles. The van der Waals surface area contributed by atoms with E-state index in [9.17, 15) is 22.0 Å². The van der Waals surface area contributed by atoms with Crippen molar-refractivity contribution in [2.24, 2.45) is 0 Å². The molecule has 158 valence electrons. The smallest absolute Gasteiger partial charge is 0.266 e. The van der Waals surface area contributed by atoms with Gasteiger partial charge in [-0.15, -0.1) is 0 Å². The highest BCUT2D eigenvalue weighted by Gasteiger charge is 2.21. The Morgan fingerprint density at radius 1 is 0.833 bits per heavy atom. The fraction of sp³-hybridized carbons (Fsp3) is 0.250. The number of benzene rings is 3. The van der Waals surface area contributed by atoms with Crippen LogP contribution < -0.4 is 4.74 Å². The molecule has 3 rings (SSSR count). The molecule has 0 heterocycles. The second kappa shape index (κ2) is 9.28. The molecular weight excluding hydrogens is 399 g/mol. The monoisotopic (exact) mass is 420 g/mol. The van der Waals surface area contributed by atoms with Crippen molar-refractivity contribution in [3.63, 3.8) is 0 Å². The lowest BCUT2D eigenvalue weighted by Crippen LogP contribution is -2.05. The zero-order chi connectivity index (χ0) is 21.8. The van der Waals surface area contributed by atoms with Crippen molar-refractivity contribution >= 4 is 0 Å². The van der Waals surface area contributed by atoms with Gasteiger partial charge in [0, 0.05) is 11.1 Å². The van der Waals surface area contributed by atoms with Crippen LogP contribution in [-0.4, -0.2) is 0 Å². The van der Waals surface area contributed by atoms with Gasteiger partial charge in [-0.05, 0) is 42.2 Å². The first-order chi connectivity index (χ1) is 14.3. The van der Waals surface area contributed by atoms with E-state index in [2.05, 4.69) is 6.92 Å². The first-order valence-corrected chi connectivity index (χ1v) is 9.59. The largest absolute Gasteiger partial charge is 0.486 e. The van der Waals surface area contributed by atoms with E-state index in [0.717, 1.165) is 18.4 Å². The van der Waals surface area contributed by atoms with E-state index >= 15 is 0 Å². The van der Waals surface area contributed by atoms with E-state index in [-0.39, 0.29) is 16.7 Å². The molecule has 3 aromatic carbocycles. The van der Waals surface area contributed by atoms with Crippen molar-refractivity contribution in [2.45, 2.75) is 39.7 Å². The Morgan fingerprint density at radius 3 is 2.17 bits per heavy atom. The molecule has 0 aliphatic heterocycles. The molecule has 0 aliphatic carbocycles. The van der Waals surface area contributed by atoms with Gasteiger partial charge in [0.1, 0.15) is 12.4 Å². The Bertz CT molecular complexity index is 1030. The summed E-state index contributed by atoms with van der Waals surface area (Å²) >= 11 is 0. The maximum atomic E-state index is 14.6. The molecule has 0 unspecified atom stereocenters. The van der Waals surface area contributed by atoms with Gasteiger partial charge < -0.3 is 4.74 Å². The third kappa shape index (κ3) is 4.48. The van der Waals surface area contributed by atoms with Gasteiger partial charge in [0.05, 0.1) is 5.56 Å². The highest BCUT2D eigenvalue weighted by molar-refractivity contribution is 5.65. The second-order valence-corrected chi connectivity index (χ2v) is 7.04. The van der Waals surface area contributed by atoms with E-state index in [4.69, 9.17) is 4.74 Å². The first-order valence-electron chi connectivity index (χ1n) is 9.59. The SMILES string of the molecule is CCCc1ccc(-c2ccc(OCc3ccc(C)c(C(F)F)c3F)c(F)c2F)cc1. The van der Waals surface area contributed by atoms with Crippen LogP contribution >= 0.6 is 0 Å². The standard InChI is InChI=1S/C24H21F5O/c1-3-4-15-6-9-16(10-7-15)18-11-12-19(23(27)22(18)26)30-13-17-8-5-14(2)20(21(17)25)24(28)29/h5-12,24H,3-4,13H2,1-2H3. The molecule has 3 aromatic rings. The Morgan fingerprint density at radius 2 is 1.53 bits per heavy atom. The molecule has 0 spiro atoms. The highest BCUT2D eigenvalue weighted by Crippen LogP contribution is 2.32. The van der Waals surface area contributed by atoms with Gasteiger partial charge in [0.15, 0.2) is 11.6 Å². The van der Waals surface area contributed by atoms with Crippen molar-refractivity contribution in [1.29, 1.82) is 0 Å². The maximum absolute atomic E-state index is 14.6. The molecule has 0 saturated carbocycles. The normalized spacial score (nSPS) is 11.2. The number of alkyl halides is 2. The van der Waals surface area contributed by atoms with E-state index < -0.39 is 41.8 Å². The van der Waals surface area contributed by atoms with Crippen LogP contribution in [0.5, 0.6) is 5.75 Å². The Labute approximate surface area is 172 Å². The minimum absolute atomic E-state index is 0.0735. The lowest BCUT2D eigenvalue weighted by molar-refractivity contribution is 0.144. The van der Waals surface area contributed by atoms with E-state index in [0.29, 0.717) is 5.56 Å². The van der Waals surface area contributed by atoms with Gasteiger partial charge in [-0.1, -0.05) is 49.7 Å². The number of hydrogen-bond acceptors (Lipinski definition) is 1. The van der Waals surface area contributed by atoms with Crippen LogP contribution in [0.25, 0.3) is 11.1 Å². The summed E-state index contributed by atoms with van der Waals surface area (Å²) in [6, 6.07) is 12.4. The topological polar surface area (TPSA) is 9.23 Å². The molecule has 0 amide bonds. The van der Waals surface area contributed by atoms with Crippen molar-refractivity contribution in [3.8, 4) is 16.9 Å². The summed E-state index contributed by atoms with van der Waals surface area (Å²) in [6.07, 6.45) is -1.11. The summed E-state index contributed by atoms with van der Waals surface area (Å²) in [7, 11) is 0. The van der Waals surface area contributed by atoms with Crippen molar-refractivity contribution in [2.75, 3.05) is 0 Å². The fourth-order valence-electron chi connectivity index (χ4n) is 3.28. The lowest BCUT2D eigenvalue weighted by atomic mass is 10.0. The molecule has 6 heteroatoms. The molecule has 30 heavy (non-hydrogen) atoms. The average Bonchev–Trinajstić information content (AvgIpc) is 2.71. The molecule has 0 N–H and O–H groups in total. The Balaban J connectivity index is 1.82. The van der Waals surface area contributed by atoms with Gasteiger partial charge >= 0.3 is 0 Å². The molecule has 0 bridgehead atoms. The van der Waals surface area contributed by atoms with Crippen molar-refractivity contribution in [1.82, 2.24) is 0 Å². The maximum Gasteiger partial charge on any atom is 0.266 e. The highest BCUT2D eigenvalue weighted by atomic mass is 19.3. The van der Waals surface area contributed by atoms with E-state index in [1.165, 1.54) is 31.2 Å². The Kier molecular flexibility index (Phi) is 6.75.